The Morgan fingerprint density at radius 2 is 1.79 bits per heavy atom. The number of nitrogens with one attached hydrogen (secondary N) is 3. The van der Waals surface area contributed by atoms with Crippen LogP contribution in [0, 0.1) is 5.82 Å². The van der Waals surface area contributed by atoms with Crippen LogP contribution in [0.15, 0.2) is 85.8 Å². The van der Waals surface area contributed by atoms with Crippen molar-refractivity contribution in [3.8, 4) is 34.0 Å². The lowest BCUT2D eigenvalue weighted by Crippen LogP contribution is -2.22. The predicted octanol–water partition coefficient (Wildman–Crippen LogP) is 6.61. The molecule has 0 aliphatic rings. The predicted molar refractivity (Wildman–Crippen MR) is 157 cm³/mol. The first-order valence-electron chi connectivity index (χ1n) is 13.0. The zero-order valence-corrected chi connectivity index (χ0v) is 23.0. The molecule has 6 rings (SSSR count). The molecule has 3 N–H and O–H groups in total. The fourth-order valence-corrected chi connectivity index (χ4v) is 4.25. The maximum atomic E-state index is 15.0. The average Bonchev–Trinajstić information content (AvgIpc) is 3.65. The van der Waals surface area contributed by atoms with Gasteiger partial charge in [-0.3, -0.25) is 14.8 Å². The molecule has 0 saturated carbocycles. The fourth-order valence-electron chi connectivity index (χ4n) is 4.25. The second-order valence-corrected chi connectivity index (χ2v) is 10.5. The summed E-state index contributed by atoms with van der Waals surface area (Å²) in [5.74, 6) is 0.0754. The topological polar surface area (TPSA) is 136 Å². The summed E-state index contributed by atoms with van der Waals surface area (Å²) in [5, 5.41) is 17.6. The molecule has 0 fully saturated rings. The van der Waals surface area contributed by atoms with Crippen LogP contribution in [0.1, 0.15) is 20.8 Å². The number of ether oxygens (including phenoxy) is 1. The second-order valence-electron chi connectivity index (χ2n) is 10.5. The minimum atomic E-state index is -0.660. The van der Waals surface area contributed by atoms with E-state index in [1.54, 1.807) is 53.9 Å². The van der Waals surface area contributed by atoms with Crippen LogP contribution in [0.2, 0.25) is 0 Å². The summed E-state index contributed by atoms with van der Waals surface area (Å²) in [5.41, 5.74) is 3.68. The first kappa shape index (κ1) is 26.6. The molecular formula is C30H26FN9O2. The minimum absolute atomic E-state index is 0.0127. The Kier molecular flexibility index (Phi) is 6.79. The van der Waals surface area contributed by atoms with Gasteiger partial charge in [0.1, 0.15) is 29.3 Å². The third-order valence-corrected chi connectivity index (χ3v) is 6.38. The van der Waals surface area contributed by atoms with Crippen molar-refractivity contribution in [3.05, 3.63) is 91.7 Å². The van der Waals surface area contributed by atoms with E-state index in [-0.39, 0.29) is 17.0 Å². The molecule has 12 heteroatoms. The number of hydrogen-bond acceptors (Lipinski definition) is 7. The number of pyridine rings is 1. The van der Waals surface area contributed by atoms with E-state index >= 15 is 4.39 Å². The monoisotopic (exact) mass is 563 g/mol. The maximum Gasteiger partial charge on any atom is 0.323 e. The zero-order chi connectivity index (χ0) is 29.3. The Bertz CT molecular complexity index is 1900. The molecular weight excluding hydrogens is 537 g/mol. The molecule has 2 aromatic carbocycles. The van der Waals surface area contributed by atoms with Crippen molar-refractivity contribution < 1.29 is 13.9 Å². The molecule has 0 aliphatic carbocycles. The highest BCUT2D eigenvalue weighted by Gasteiger charge is 2.21. The van der Waals surface area contributed by atoms with Crippen LogP contribution in [0.5, 0.6) is 11.5 Å². The number of aromatic amines is 1. The number of urea groups is 1. The summed E-state index contributed by atoms with van der Waals surface area (Å²) in [6, 6.07) is 12.6. The van der Waals surface area contributed by atoms with E-state index in [2.05, 4.69) is 35.8 Å². The SMILES string of the molecule is CC(C)(C)n1cc(NC(=O)Nc2ccc(Oc3ccnc(-c4cn[nH]c4)c3)cc2F)c(-c2ccc3ncncc3c2)n1. The van der Waals surface area contributed by atoms with Crippen LogP contribution in [0.25, 0.3) is 33.4 Å². The second kappa shape index (κ2) is 10.7. The van der Waals surface area contributed by atoms with Crippen LogP contribution in [0.4, 0.5) is 20.6 Å². The summed E-state index contributed by atoms with van der Waals surface area (Å²) >= 11 is 0. The lowest BCUT2D eigenvalue weighted by atomic mass is 10.1. The van der Waals surface area contributed by atoms with E-state index in [1.165, 1.54) is 18.5 Å². The highest BCUT2D eigenvalue weighted by Crippen LogP contribution is 2.32. The molecule has 0 bridgehead atoms. The molecule has 0 radical (unpaired) electrons. The number of fused-ring (bicyclic) bond motifs is 1. The number of halogens is 1. The van der Waals surface area contributed by atoms with Crippen molar-refractivity contribution in [1.82, 2.24) is 34.9 Å². The van der Waals surface area contributed by atoms with Crippen molar-refractivity contribution in [3.63, 3.8) is 0 Å². The van der Waals surface area contributed by atoms with Crippen molar-refractivity contribution in [2.24, 2.45) is 0 Å². The number of benzene rings is 2. The van der Waals surface area contributed by atoms with E-state index in [4.69, 9.17) is 9.84 Å². The molecule has 0 aliphatic heterocycles. The van der Waals surface area contributed by atoms with Gasteiger partial charge in [-0.05, 0) is 51.1 Å². The summed E-state index contributed by atoms with van der Waals surface area (Å²) in [4.78, 5) is 25.7. The Morgan fingerprint density at radius 1 is 0.952 bits per heavy atom. The van der Waals surface area contributed by atoms with Gasteiger partial charge >= 0.3 is 6.03 Å². The lowest BCUT2D eigenvalue weighted by Gasteiger charge is -2.18. The molecule has 2 amide bonds. The molecule has 0 atom stereocenters. The molecule has 11 nitrogen and oxygen atoms in total. The molecule has 0 spiro atoms. The molecule has 6 aromatic rings. The van der Waals surface area contributed by atoms with Gasteiger partial charge in [0.2, 0.25) is 0 Å². The standard InChI is InChI=1S/C30H26FN9O2/c1-30(2,3)40-16-27(28(39-40)18-4-6-24-19(10-18)13-32-17-34-24)38-29(41)37-25-7-5-21(11-23(25)31)42-22-8-9-33-26(12-22)20-14-35-36-15-20/h4-17H,1-3H3,(H,35,36)(H2,37,38,41). The minimum Gasteiger partial charge on any atom is -0.457 e. The number of amides is 2. The molecule has 210 valence electrons. The van der Waals surface area contributed by atoms with Crippen molar-refractivity contribution in [2.45, 2.75) is 26.3 Å². The van der Waals surface area contributed by atoms with Crippen molar-refractivity contribution in [1.29, 1.82) is 0 Å². The third-order valence-electron chi connectivity index (χ3n) is 6.38. The van der Waals surface area contributed by atoms with Gasteiger partial charge in [0, 0.05) is 53.4 Å². The number of anilines is 2. The fraction of sp³-hybridized carbons (Fsp3) is 0.133. The number of nitrogens with zero attached hydrogens (tertiary/aromatic N) is 6. The first-order valence-corrected chi connectivity index (χ1v) is 13.0. The normalized spacial score (nSPS) is 11.4. The van der Waals surface area contributed by atoms with E-state index in [9.17, 15) is 4.79 Å². The molecule has 0 saturated heterocycles. The van der Waals surface area contributed by atoms with E-state index < -0.39 is 11.8 Å². The third kappa shape index (κ3) is 5.63. The first-order chi connectivity index (χ1) is 20.2. The van der Waals surface area contributed by atoms with Crippen LogP contribution in [-0.2, 0) is 5.54 Å². The van der Waals surface area contributed by atoms with Crippen LogP contribution in [-0.4, -0.2) is 41.0 Å². The van der Waals surface area contributed by atoms with Crippen molar-refractivity contribution in [2.75, 3.05) is 10.6 Å². The molecule has 4 heterocycles. The van der Waals surface area contributed by atoms with Gasteiger partial charge in [0.05, 0.1) is 34.3 Å². The molecule has 0 unspecified atom stereocenters. The van der Waals surface area contributed by atoms with Crippen LogP contribution >= 0.6 is 0 Å². The number of carbonyl (C=O) groups excluding carboxylic acids is 1. The number of rotatable bonds is 6. The van der Waals surface area contributed by atoms with Gasteiger partial charge in [0.25, 0.3) is 0 Å². The Hall–Kier alpha value is -5.65. The van der Waals surface area contributed by atoms with E-state index in [1.807, 2.05) is 39.0 Å². The van der Waals surface area contributed by atoms with Gasteiger partial charge in [-0.25, -0.2) is 19.2 Å². The quantitative estimate of drug-likeness (QED) is 0.207. The number of H-pyrrole nitrogens is 1. The van der Waals surface area contributed by atoms with Crippen LogP contribution < -0.4 is 15.4 Å². The van der Waals surface area contributed by atoms with Gasteiger partial charge in [-0.15, -0.1) is 0 Å². The summed E-state index contributed by atoms with van der Waals surface area (Å²) in [7, 11) is 0. The van der Waals surface area contributed by atoms with Crippen LogP contribution in [0.3, 0.4) is 0 Å². The highest BCUT2D eigenvalue weighted by atomic mass is 19.1. The number of aromatic nitrogens is 7. The Morgan fingerprint density at radius 3 is 2.57 bits per heavy atom. The molecule has 42 heavy (non-hydrogen) atoms. The average molecular weight is 564 g/mol. The van der Waals surface area contributed by atoms with Gasteiger partial charge in [0.15, 0.2) is 0 Å². The Labute approximate surface area is 239 Å². The smallest absolute Gasteiger partial charge is 0.323 e. The largest absolute Gasteiger partial charge is 0.457 e. The summed E-state index contributed by atoms with van der Waals surface area (Å²) in [6.07, 6.45) is 9.91. The number of hydrogen-bond donors (Lipinski definition) is 3. The lowest BCUT2D eigenvalue weighted by molar-refractivity contribution is 0.262. The Balaban J connectivity index is 1.20. The maximum absolute atomic E-state index is 15.0. The van der Waals surface area contributed by atoms with Gasteiger partial charge in [-0.2, -0.15) is 10.2 Å². The molecule has 4 aromatic heterocycles. The summed E-state index contributed by atoms with van der Waals surface area (Å²) in [6.45, 7) is 6.02. The zero-order valence-electron chi connectivity index (χ0n) is 23.0. The van der Waals surface area contributed by atoms with E-state index in [0.29, 0.717) is 22.8 Å². The highest BCUT2D eigenvalue weighted by molar-refractivity contribution is 6.02. The van der Waals surface area contributed by atoms with Crippen molar-refractivity contribution >= 4 is 28.3 Å². The van der Waals surface area contributed by atoms with Gasteiger partial charge in [-0.1, -0.05) is 6.07 Å². The summed E-state index contributed by atoms with van der Waals surface area (Å²) < 4.78 is 22.6. The number of carbonyl (C=O) groups is 1. The van der Waals surface area contributed by atoms with Gasteiger partial charge < -0.3 is 15.4 Å². The van der Waals surface area contributed by atoms with E-state index in [0.717, 1.165) is 22.0 Å².